The average molecular weight is 382 g/mol. The van der Waals surface area contributed by atoms with E-state index in [2.05, 4.69) is 28.9 Å². The van der Waals surface area contributed by atoms with Gasteiger partial charge in [0.1, 0.15) is 6.04 Å². The van der Waals surface area contributed by atoms with Crippen molar-refractivity contribution in [2.45, 2.75) is 45.7 Å². The van der Waals surface area contributed by atoms with Crippen LogP contribution in [0.15, 0.2) is 42.5 Å². The van der Waals surface area contributed by atoms with Gasteiger partial charge < -0.3 is 16.0 Å². The zero-order chi connectivity index (χ0) is 20.1. The van der Waals surface area contributed by atoms with Crippen LogP contribution in [0, 0.1) is 11.8 Å². The van der Waals surface area contributed by atoms with Crippen LogP contribution in [0.2, 0.25) is 0 Å². The Morgan fingerprint density at radius 1 is 1.14 bits per heavy atom. The molecule has 150 valence electrons. The van der Waals surface area contributed by atoms with Crippen LogP contribution in [-0.4, -0.2) is 37.0 Å². The fourth-order valence-corrected chi connectivity index (χ4v) is 3.79. The number of nitrogens with one attached hydrogen (secondary N) is 3. The van der Waals surface area contributed by atoms with Gasteiger partial charge in [-0.15, -0.1) is 0 Å². The number of rotatable bonds is 6. The maximum atomic E-state index is 12.8. The molecule has 0 bridgehead atoms. The van der Waals surface area contributed by atoms with E-state index in [1.807, 2.05) is 50.2 Å². The van der Waals surface area contributed by atoms with E-state index in [1.54, 1.807) is 0 Å². The number of hydrogen-bond donors (Lipinski definition) is 3. The molecule has 1 aliphatic heterocycles. The molecule has 0 spiro atoms. The molecule has 3 unspecified atom stereocenters. The van der Waals surface area contributed by atoms with Gasteiger partial charge in [-0.25, -0.2) is 0 Å². The molecule has 28 heavy (non-hydrogen) atoms. The first-order valence-corrected chi connectivity index (χ1v) is 10.2. The van der Waals surface area contributed by atoms with Gasteiger partial charge in [0.25, 0.3) is 0 Å². The third-order valence-electron chi connectivity index (χ3n) is 5.56. The molecule has 0 saturated carbocycles. The fraction of sp³-hybridized carbons (Fsp3) is 0.478. The molecule has 3 N–H and O–H groups in total. The van der Waals surface area contributed by atoms with Crippen molar-refractivity contribution in [2.75, 3.05) is 13.1 Å². The van der Waals surface area contributed by atoms with Crippen molar-refractivity contribution < 1.29 is 9.59 Å². The molecule has 2 aromatic rings. The average Bonchev–Trinajstić information content (AvgIpc) is 2.67. The van der Waals surface area contributed by atoms with E-state index in [1.165, 1.54) is 0 Å². The highest BCUT2D eigenvalue weighted by Crippen LogP contribution is 2.16. The first-order chi connectivity index (χ1) is 13.4. The Hall–Kier alpha value is -2.40. The Labute approximate surface area is 167 Å². The van der Waals surface area contributed by atoms with Crippen molar-refractivity contribution >= 4 is 22.6 Å². The molecule has 1 saturated heterocycles. The summed E-state index contributed by atoms with van der Waals surface area (Å²) in [6, 6.07) is 13.8. The third kappa shape index (κ3) is 5.10. The van der Waals surface area contributed by atoms with E-state index >= 15 is 0 Å². The van der Waals surface area contributed by atoms with Crippen LogP contribution in [0.3, 0.4) is 0 Å². The molecular formula is C23H31N3O2. The highest BCUT2D eigenvalue weighted by molar-refractivity contribution is 5.89. The molecule has 0 radical (unpaired) electrons. The smallest absolute Gasteiger partial charge is 0.243 e. The maximum Gasteiger partial charge on any atom is 0.243 e. The molecule has 2 aromatic carbocycles. The van der Waals surface area contributed by atoms with Crippen LogP contribution in [0.1, 0.15) is 32.8 Å². The van der Waals surface area contributed by atoms with Crippen LogP contribution in [-0.2, 0) is 16.0 Å². The summed E-state index contributed by atoms with van der Waals surface area (Å²) in [5.74, 6) is 0.208. The second kappa shape index (κ2) is 9.20. The lowest BCUT2D eigenvalue weighted by Crippen LogP contribution is -2.56. The number of amides is 2. The zero-order valence-electron chi connectivity index (χ0n) is 17.0. The molecule has 2 amide bonds. The van der Waals surface area contributed by atoms with Gasteiger partial charge in [-0.2, -0.15) is 0 Å². The number of hydrogen-bond acceptors (Lipinski definition) is 3. The maximum absolute atomic E-state index is 12.8. The van der Waals surface area contributed by atoms with Crippen molar-refractivity contribution in [3.8, 4) is 0 Å². The van der Waals surface area contributed by atoms with E-state index in [0.717, 1.165) is 35.8 Å². The van der Waals surface area contributed by atoms with Gasteiger partial charge in [0.05, 0.1) is 6.42 Å². The zero-order valence-corrected chi connectivity index (χ0v) is 17.0. The van der Waals surface area contributed by atoms with Gasteiger partial charge in [0, 0.05) is 6.04 Å². The SMILES string of the molecule is CC(C)C(NC(=O)Cc1ccc2ccccc2c1)C(=O)NC1CCNCC1C. The van der Waals surface area contributed by atoms with Crippen molar-refractivity contribution in [1.29, 1.82) is 0 Å². The summed E-state index contributed by atoms with van der Waals surface area (Å²) in [5.41, 5.74) is 0.950. The quantitative estimate of drug-likeness (QED) is 0.720. The summed E-state index contributed by atoms with van der Waals surface area (Å²) in [4.78, 5) is 25.4. The van der Waals surface area contributed by atoms with Gasteiger partial charge in [-0.1, -0.05) is 63.2 Å². The van der Waals surface area contributed by atoms with Gasteiger partial charge in [0.15, 0.2) is 0 Å². The summed E-state index contributed by atoms with van der Waals surface area (Å²) in [6.45, 7) is 7.89. The van der Waals surface area contributed by atoms with Gasteiger partial charge >= 0.3 is 0 Å². The number of piperidine rings is 1. The third-order valence-corrected chi connectivity index (χ3v) is 5.56. The molecule has 5 heteroatoms. The number of benzene rings is 2. The lowest BCUT2D eigenvalue weighted by atomic mass is 9.94. The Bertz CT molecular complexity index is 833. The highest BCUT2D eigenvalue weighted by atomic mass is 16.2. The minimum atomic E-state index is -0.518. The van der Waals surface area contributed by atoms with E-state index in [-0.39, 0.29) is 30.2 Å². The molecule has 0 aromatic heterocycles. The van der Waals surface area contributed by atoms with Crippen molar-refractivity contribution in [3.05, 3.63) is 48.0 Å². The summed E-state index contributed by atoms with van der Waals surface area (Å²) in [7, 11) is 0. The van der Waals surface area contributed by atoms with Crippen LogP contribution in [0.4, 0.5) is 0 Å². The predicted molar refractivity (Wildman–Crippen MR) is 113 cm³/mol. The number of carbonyl (C=O) groups excluding carboxylic acids is 2. The fourth-order valence-electron chi connectivity index (χ4n) is 3.79. The molecule has 5 nitrogen and oxygen atoms in total. The predicted octanol–water partition coefficient (Wildman–Crippen LogP) is 2.64. The normalized spacial score (nSPS) is 20.7. The Kier molecular flexibility index (Phi) is 6.68. The van der Waals surface area contributed by atoms with Crippen LogP contribution in [0.25, 0.3) is 10.8 Å². The van der Waals surface area contributed by atoms with Crippen LogP contribution in [0.5, 0.6) is 0 Å². The topological polar surface area (TPSA) is 70.2 Å². The molecule has 3 rings (SSSR count). The lowest BCUT2D eigenvalue weighted by Gasteiger charge is -2.32. The largest absolute Gasteiger partial charge is 0.351 e. The van der Waals surface area contributed by atoms with Gasteiger partial charge in [-0.05, 0) is 47.7 Å². The summed E-state index contributed by atoms with van der Waals surface area (Å²) >= 11 is 0. The first-order valence-electron chi connectivity index (χ1n) is 10.2. The van der Waals surface area contributed by atoms with Crippen molar-refractivity contribution in [1.82, 2.24) is 16.0 Å². The molecular weight excluding hydrogens is 350 g/mol. The van der Waals surface area contributed by atoms with E-state index in [0.29, 0.717) is 5.92 Å². The Morgan fingerprint density at radius 2 is 1.89 bits per heavy atom. The Balaban J connectivity index is 1.62. The minimum Gasteiger partial charge on any atom is -0.351 e. The van der Waals surface area contributed by atoms with Gasteiger partial charge in [-0.3, -0.25) is 9.59 Å². The van der Waals surface area contributed by atoms with E-state index in [9.17, 15) is 9.59 Å². The number of fused-ring (bicyclic) bond motifs is 1. The van der Waals surface area contributed by atoms with Crippen LogP contribution < -0.4 is 16.0 Å². The molecule has 1 heterocycles. The molecule has 1 aliphatic rings. The van der Waals surface area contributed by atoms with Crippen LogP contribution >= 0.6 is 0 Å². The molecule has 1 fully saturated rings. The van der Waals surface area contributed by atoms with Gasteiger partial charge in [0.2, 0.25) is 11.8 Å². The summed E-state index contributed by atoms with van der Waals surface area (Å²) < 4.78 is 0. The highest BCUT2D eigenvalue weighted by Gasteiger charge is 2.29. The molecule has 0 aliphatic carbocycles. The second-order valence-corrected chi connectivity index (χ2v) is 8.23. The summed E-state index contributed by atoms with van der Waals surface area (Å²) in [6.07, 6.45) is 1.19. The monoisotopic (exact) mass is 381 g/mol. The Morgan fingerprint density at radius 3 is 2.61 bits per heavy atom. The van der Waals surface area contributed by atoms with E-state index < -0.39 is 6.04 Å². The number of carbonyl (C=O) groups is 2. The minimum absolute atomic E-state index is 0.0255. The standard InChI is InChI=1S/C23H31N3O2/c1-15(2)22(23(28)25-20-10-11-24-14-16(20)3)26-21(27)13-17-8-9-18-6-4-5-7-19(18)12-17/h4-9,12,15-16,20,22,24H,10-11,13-14H2,1-3H3,(H,25,28)(H,26,27). The summed E-state index contributed by atoms with van der Waals surface area (Å²) in [5, 5.41) is 11.7. The second-order valence-electron chi connectivity index (χ2n) is 8.23. The first kappa shape index (κ1) is 20.3. The lowest BCUT2D eigenvalue weighted by molar-refractivity contribution is -0.130. The van der Waals surface area contributed by atoms with Crippen molar-refractivity contribution in [2.24, 2.45) is 11.8 Å². The van der Waals surface area contributed by atoms with Crippen molar-refractivity contribution in [3.63, 3.8) is 0 Å². The van der Waals surface area contributed by atoms with E-state index in [4.69, 9.17) is 0 Å². The molecule has 3 atom stereocenters.